The molecule has 1 amide bonds. The average molecular weight is 356 g/mol. The maximum absolute atomic E-state index is 12.0. The van der Waals surface area contributed by atoms with Gasteiger partial charge in [0.15, 0.2) is 0 Å². The molecule has 0 aliphatic carbocycles. The first-order valence-electron chi connectivity index (χ1n) is 8.33. The zero-order valence-corrected chi connectivity index (χ0v) is 15.6. The van der Waals surface area contributed by atoms with E-state index in [2.05, 4.69) is 6.92 Å². The van der Waals surface area contributed by atoms with E-state index in [1.807, 2.05) is 0 Å². The number of unbranched alkanes of at least 4 members (excludes halogenated alkanes) is 5. The van der Waals surface area contributed by atoms with E-state index in [1.165, 1.54) is 50.4 Å². The second kappa shape index (κ2) is 9.64. The maximum atomic E-state index is 12.0. The van der Waals surface area contributed by atoms with Crippen LogP contribution in [0, 0.1) is 0 Å². The maximum Gasteiger partial charge on any atom is 0.411 e. The number of sulfonamides is 1. The van der Waals surface area contributed by atoms with Crippen LogP contribution in [0.25, 0.3) is 0 Å². The average Bonchev–Trinajstić information content (AvgIpc) is 2.54. The lowest BCUT2D eigenvalue weighted by molar-refractivity contribution is 0.201. The standard InChI is InChI=1S/C17H28N2O4S/c1-4-5-6-7-8-9-14-19(17(20)21)15-10-12-16(13-11-15)24(22,23)18(2)3/h10-13H,4-9,14H2,1-3H3,(H,20,21). The third kappa shape index (κ3) is 5.79. The fourth-order valence-corrected chi connectivity index (χ4v) is 3.30. The van der Waals surface area contributed by atoms with Gasteiger partial charge in [-0.2, -0.15) is 0 Å². The molecule has 24 heavy (non-hydrogen) atoms. The molecule has 6 nitrogen and oxygen atoms in total. The number of hydrogen-bond acceptors (Lipinski definition) is 3. The smallest absolute Gasteiger partial charge is 0.411 e. The van der Waals surface area contributed by atoms with Gasteiger partial charge in [0.1, 0.15) is 0 Å². The molecular weight excluding hydrogens is 328 g/mol. The van der Waals surface area contributed by atoms with Gasteiger partial charge < -0.3 is 5.11 Å². The van der Waals surface area contributed by atoms with Crippen LogP contribution in [0.5, 0.6) is 0 Å². The van der Waals surface area contributed by atoms with Crippen molar-refractivity contribution in [1.82, 2.24) is 4.31 Å². The summed E-state index contributed by atoms with van der Waals surface area (Å²) in [4.78, 5) is 12.9. The topological polar surface area (TPSA) is 77.9 Å². The van der Waals surface area contributed by atoms with Gasteiger partial charge in [0.2, 0.25) is 10.0 Å². The number of carboxylic acid groups (broad SMARTS) is 1. The van der Waals surface area contributed by atoms with Crippen molar-refractivity contribution >= 4 is 21.8 Å². The summed E-state index contributed by atoms with van der Waals surface area (Å²) in [5.74, 6) is 0. The highest BCUT2D eigenvalue weighted by Crippen LogP contribution is 2.20. The van der Waals surface area contributed by atoms with Crippen molar-refractivity contribution < 1.29 is 18.3 Å². The summed E-state index contributed by atoms with van der Waals surface area (Å²) in [6.07, 6.45) is 5.47. The van der Waals surface area contributed by atoms with E-state index in [0.29, 0.717) is 12.2 Å². The SMILES string of the molecule is CCCCCCCCN(C(=O)O)c1ccc(S(=O)(=O)N(C)C)cc1. The van der Waals surface area contributed by atoms with E-state index >= 15 is 0 Å². The van der Waals surface area contributed by atoms with Crippen LogP contribution >= 0.6 is 0 Å². The van der Waals surface area contributed by atoms with E-state index in [1.54, 1.807) is 12.1 Å². The van der Waals surface area contributed by atoms with Crippen LogP contribution in [0.15, 0.2) is 29.2 Å². The first-order chi connectivity index (χ1) is 11.3. The normalized spacial score (nSPS) is 11.7. The molecule has 136 valence electrons. The molecule has 0 saturated heterocycles. The van der Waals surface area contributed by atoms with Gasteiger partial charge in [-0.05, 0) is 30.7 Å². The summed E-state index contributed by atoms with van der Waals surface area (Å²) in [5, 5.41) is 9.38. The Bertz CT molecular complexity index is 612. The summed E-state index contributed by atoms with van der Waals surface area (Å²) >= 11 is 0. The highest BCUT2D eigenvalue weighted by Gasteiger charge is 2.19. The lowest BCUT2D eigenvalue weighted by Gasteiger charge is -2.20. The molecule has 1 aromatic carbocycles. The largest absolute Gasteiger partial charge is 0.465 e. The molecule has 1 aromatic rings. The fourth-order valence-electron chi connectivity index (χ4n) is 2.39. The van der Waals surface area contributed by atoms with Crippen LogP contribution in [0.3, 0.4) is 0 Å². The Hall–Kier alpha value is -1.60. The number of nitrogens with zero attached hydrogens (tertiary/aromatic N) is 2. The van der Waals surface area contributed by atoms with Crippen molar-refractivity contribution in [3.8, 4) is 0 Å². The van der Waals surface area contributed by atoms with Gasteiger partial charge in [-0.3, -0.25) is 4.90 Å². The van der Waals surface area contributed by atoms with Gasteiger partial charge >= 0.3 is 6.09 Å². The van der Waals surface area contributed by atoms with E-state index < -0.39 is 16.1 Å². The summed E-state index contributed by atoms with van der Waals surface area (Å²) in [6.45, 7) is 2.58. The van der Waals surface area contributed by atoms with Gasteiger partial charge in [0.05, 0.1) is 4.90 Å². The summed E-state index contributed by atoms with van der Waals surface area (Å²) in [7, 11) is -0.575. The van der Waals surface area contributed by atoms with Gasteiger partial charge in [-0.25, -0.2) is 17.5 Å². The predicted octanol–water partition coefficient (Wildman–Crippen LogP) is 3.78. The minimum atomic E-state index is -3.50. The minimum absolute atomic E-state index is 0.154. The van der Waals surface area contributed by atoms with Crippen molar-refractivity contribution in [2.75, 3.05) is 25.5 Å². The molecule has 0 spiro atoms. The second-order valence-electron chi connectivity index (χ2n) is 5.98. The van der Waals surface area contributed by atoms with Crippen molar-refractivity contribution in [2.45, 2.75) is 50.3 Å². The van der Waals surface area contributed by atoms with Crippen molar-refractivity contribution in [1.29, 1.82) is 0 Å². The van der Waals surface area contributed by atoms with E-state index in [-0.39, 0.29) is 4.90 Å². The molecule has 0 fully saturated rings. The van der Waals surface area contributed by atoms with Crippen LogP contribution in [-0.2, 0) is 10.0 Å². The van der Waals surface area contributed by atoms with Crippen molar-refractivity contribution in [2.24, 2.45) is 0 Å². The zero-order chi connectivity index (χ0) is 18.2. The monoisotopic (exact) mass is 356 g/mol. The molecule has 7 heteroatoms. The van der Waals surface area contributed by atoms with Crippen LogP contribution in [0.2, 0.25) is 0 Å². The number of amides is 1. The lowest BCUT2D eigenvalue weighted by atomic mass is 10.1. The van der Waals surface area contributed by atoms with Crippen LogP contribution in [-0.4, -0.2) is 44.6 Å². The molecular formula is C17H28N2O4S. The molecule has 0 atom stereocenters. The zero-order valence-electron chi connectivity index (χ0n) is 14.7. The van der Waals surface area contributed by atoms with E-state index in [4.69, 9.17) is 0 Å². The van der Waals surface area contributed by atoms with Gasteiger partial charge in [0, 0.05) is 26.3 Å². The molecule has 1 N–H and O–H groups in total. The first kappa shape index (κ1) is 20.4. The van der Waals surface area contributed by atoms with E-state index in [0.717, 1.165) is 23.6 Å². The number of hydrogen-bond donors (Lipinski definition) is 1. The molecule has 0 aliphatic heterocycles. The Morgan fingerprint density at radius 1 is 1.00 bits per heavy atom. The van der Waals surface area contributed by atoms with E-state index in [9.17, 15) is 18.3 Å². The predicted molar refractivity (Wildman–Crippen MR) is 96.1 cm³/mol. The van der Waals surface area contributed by atoms with Crippen LogP contribution in [0.4, 0.5) is 10.5 Å². The molecule has 0 aliphatic rings. The molecule has 0 unspecified atom stereocenters. The van der Waals surface area contributed by atoms with Gasteiger partial charge in [0.25, 0.3) is 0 Å². The number of anilines is 1. The quantitative estimate of drug-likeness (QED) is 0.647. The summed E-state index contributed by atoms with van der Waals surface area (Å²) in [6, 6.07) is 5.98. The number of carbonyl (C=O) groups is 1. The Morgan fingerprint density at radius 3 is 2.04 bits per heavy atom. The third-order valence-electron chi connectivity index (χ3n) is 3.89. The Labute approximate surface area is 145 Å². The molecule has 0 aromatic heterocycles. The van der Waals surface area contributed by atoms with Crippen molar-refractivity contribution in [3.05, 3.63) is 24.3 Å². The fraction of sp³-hybridized carbons (Fsp3) is 0.588. The van der Waals surface area contributed by atoms with Gasteiger partial charge in [-0.15, -0.1) is 0 Å². The summed E-state index contributed by atoms with van der Waals surface area (Å²) in [5.41, 5.74) is 0.494. The number of rotatable bonds is 10. The Balaban J connectivity index is 2.71. The highest BCUT2D eigenvalue weighted by atomic mass is 32.2. The van der Waals surface area contributed by atoms with Crippen LogP contribution < -0.4 is 4.90 Å². The van der Waals surface area contributed by atoms with Gasteiger partial charge in [-0.1, -0.05) is 39.0 Å². The Kier molecular flexibility index (Phi) is 8.21. The minimum Gasteiger partial charge on any atom is -0.465 e. The molecule has 0 saturated carbocycles. The highest BCUT2D eigenvalue weighted by molar-refractivity contribution is 7.89. The molecule has 1 rings (SSSR count). The molecule has 0 bridgehead atoms. The molecule has 0 radical (unpaired) electrons. The lowest BCUT2D eigenvalue weighted by Crippen LogP contribution is -2.30. The third-order valence-corrected chi connectivity index (χ3v) is 5.72. The second-order valence-corrected chi connectivity index (χ2v) is 8.14. The Morgan fingerprint density at radius 2 is 1.54 bits per heavy atom. The van der Waals surface area contributed by atoms with Crippen LogP contribution in [0.1, 0.15) is 45.4 Å². The molecule has 0 heterocycles. The number of benzene rings is 1. The first-order valence-corrected chi connectivity index (χ1v) is 9.77. The van der Waals surface area contributed by atoms with Crippen molar-refractivity contribution in [3.63, 3.8) is 0 Å². The summed E-state index contributed by atoms with van der Waals surface area (Å²) < 4.78 is 25.2.